The van der Waals surface area contributed by atoms with E-state index in [0.29, 0.717) is 42.9 Å². The van der Waals surface area contributed by atoms with Crippen LogP contribution in [0.1, 0.15) is 35.8 Å². The molecule has 0 bridgehead atoms. The Kier molecular flexibility index (Phi) is 7.30. The van der Waals surface area contributed by atoms with Crippen molar-refractivity contribution >= 4 is 33.1 Å². The molecule has 2 fully saturated rings. The Balaban J connectivity index is 1.05. The van der Waals surface area contributed by atoms with Gasteiger partial charge < -0.3 is 14.2 Å². The summed E-state index contributed by atoms with van der Waals surface area (Å²) >= 11 is 1.45. The van der Waals surface area contributed by atoms with Crippen molar-refractivity contribution in [1.29, 1.82) is 0 Å². The van der Waals surface area contributed by atoms with E-state index in [1.54, 1.807) is 24.5 Å². The normalized spacial score (nSPS) is 15.9. The van der Waals surface area contributed by atoms with Crippen molar-refractivity contribution in [2.24, 2.45) is 5.41 Å². The average molecular weight is 595 g/mol. The van der Waals surface area contributed by atoms with Crippen LogP contribution in [0, 0.1) is 11.2 Å². The van der Waals surface area contributed by atoms with Crippen molar-refractivity contribution in [2.75, 3.05) is 13.2 Å². The van der Waals surface area contributed by atoms with E-state index in [4.69, 9.17) is 14.2 Å². The van der Waals surface area contributed by atoms with E-state index in [1.165, 1.54) is 23.5 Å². The topological polar surface area (TPSA) is 87.6 Å². The number of nitrogens with zero attached hydrogens (tertiary/aromatic N) is 2. The summed E-state index contributed by atoms with van der Waals surface area (Å²) in [6.07, 6.45) is 4.29. The van der Waals surface area contributed by atoms with Crippen molar-refractivity contribution < 1.29 is 28.2 Å². The lowest BCUT2D eigenvalue weighted by Crippen LogP contribution is -2.28. The molecular formula is C34H27FN2O5S. The van der Waals surface area contributed by atoms with E-state index >= 15 is 4.39 Å². The Hall–Kier alpha value is -4.31. The van der Waals surface area contributed by atoms with Gasteiger partial charge in [-0.1, -0.05) is 42.5 Å². The molecule has 7 rings (SSSR count). The molecule has 0 radical (unpaired) electrons. The predicted molar refractivity (Wildman–Crippen MR) is 160 cm³/mol. The van der Waals surface area contributed by atoms with Crippen molar-refractivity contribution in [2.45, 2.75) is 32.0 Å². The van der Waals surface area contributed by atoms with Crippen LogP contribution in [-0.4, -0.2) is 34.7 Å². The second-order valence-electron chi connectivity index (χ2n) is 10.8. The molecule has 43 heavy (non-hydrogen) atoms. The number of rotatable bonds is 10. The molecule has 7 nitrogen and oxygen atoms in total. The minimum Gasteiger partial charge on any atom is -0.453 e. The first-order valence-electron chi connectivity index (χ1n) is 14.1. The molecule has 1 saturated carbocycles. The van der Waals surface area contributed by atoms with Crippen LogP contribution < -0.4 is 4.74 Å². The highest BCUT2D eigenvalue weighted by Crippen LogP contribution is 2.49. The van der Waals surface area contributed by atoms with Crippen molar-refractivity contribution in [3.8, 4) is 22.1 Å². The van der Waals surface area contributed by atoms with Crippen LogP contribution in [0.3, 0.4) is 0 Å². The fraction of sp³-hybridized carbons (Fsp3) is 0.235. The highest BCUT2D eigenvalue weighted by molar-refractivity contribution is 7.22. The minimum absolute atomic E-state index is 0.00367. The van der Waals surface area contributed by atoms with E-state index in [-0.39, 0.29) is 36.4 Å². The van der Waals surface area contributed by atoms with Gasteiger partial charge in [-0.15, -0.1) is 11.3 Å². The van der Waals surface area contributed by atoms with Gasteiger partial charge in [0, 0.05) is 36.9 Å². The van der Waals surface area contributed by atoms with Crippen LogP contribution in [0.2, 0.25) is 0 Å². The highest BCUT2D eigenvalue weighted by atomic mass is 32.1. The van der Waals surface area contributed by atoms with Gasteiger partial charge in [0.25, 0.3) is 0 Å². The molecular weight excluding hydrogens is 567 g/mol. The van der Waals surface area contributed by atoms with Crippen LogP contribution in [0.4, 0.5) is 4.39 Å². The molecule has 5 aromatic rings. The maximum Gasteiger partial charge on any atom is 0.185 e. The Bertz CT molecular complexity index is 1810. The van der Waals surface area contributed by atoms with E-state index in [2.05, 4.69) is 9.97 Å². The lowest BCUT2D eigenvalue weighted by molar-refractivity contribution is -0.133. The number of benzene rings is 2. The number of aromatic nitrogens is 2. The number of hydrogen-bond donors (Lipinski definition) is 0. The summed E-state index contributed by atoms with van der Waals surface area (Å²) in [6, 6.07) is 21.4. The van der Waals surface area contributed by atoms with E-state index < -0.39 is 11.2 Å². The van der Waals surface area contributed by atoms with Gasteiger partial charge in [-0.05, 0) is 48.2 Å². The summed E-state index contributed by atoms with van der Waals surface area (Å²) in [5, 5.41) is 0. The first-order valence-corrected chi connectivity index (χ1v) is 15.0. The summed E-state index contributed by atoms with van der Waals surface area (Å²) in [6.45, 7) is 1.13. The number of carbonyl (C=O) groups is 2. The standard InChI is InChI=1S/C34H27FN2O5S/c35-24-16-22(18-31(39)34(11-12-34)30(38)17-21-4-2-1-3-5-21)6-9-27(24)42-28-10-13-36-26-19-29(43-32(26)28)25-8-7-23(20-37-25)33-40-14-15-41-33/h1-10,13,16,19-20,33H,11-12,14-15,17-18H2. The SMILES string of the molecule is O=C(Cc1ccccc1)C1(C(=O)Cc2ccc(Oc3ccnc4cc(-c5ccc(C6OCCO6)cn5)sc34)c(F)c2)CC1. The smallest absolute Gasteiger partial charge is 0.185 e. The summed E-state index contributed by atoms with van der Waals surface area (Å²) in [5.41, 5.74) is 2.79. The van der Waals surface area contributed by atoms with Gasteiger partial charge in [0.05, 0.1) is 39.4 Å². The third-order valence-electron chi connectivity index (χ3n) is 7.91. The first kappa shape index (κ1) is 27.5. The van der Waals surface area contributed by atoms with Crippen LogP contribution in [0.5, 0.6) is 11.5 Å². The lowest BCUT2D eigenvalue weighted by Gasteiger charge is -2.14. The number of fused-ring (bicyclic) bond motifs is 1. The molecule has 0 unspecified atom stereocenters. The summed E-state index contributed by atoms with van der Waals surface area (Å²) in [7, 11) is 0. The van der Waals surface area contributed by atoms with Gasteiger partial charge in [-0.2, -0.15) is 0 Å². The second kappa shape index (κ2) is 11.4. The quantitative estimate of drug-likeness (QED) is 0.160. The van der Waals surface area contributed by atoms with E-state index in [0.717, 1.165) is 26.4 Å². The molecule has 0 N–H and O–H groups in total. The molecule has 2 aliphatic rings. The summed E-state index contributed by atoms with van der Waals surface area (Å²) < 4.78 is 33.1. The van der Waals surface area contributed by atoms with Gasteiger partial charge in [0.1, 0.15) is 5.75 Å². The van der Waals surface area contributed by atoms with Gasteiger partial charge >= 0.3 is 0 Å². The Morgan fingerprint density at radius 2 is 1.65 bits per heavy atom. The molecule has 1 saturated heterocycles. The van der Waals surface area contributed by atoms with E-state index in [9.17, 15) is 9.59 Å². The van der Waals surface area contributed by atoms with Crippen LogP contribution in [0.25, 0.3) is 20.8 Å². The second-order valence-corrected chi connectivity index (χ2v) is 11.9. The molecule has 0 spiro atoms. The lowest BCUT2D eigenvalue weighted by atomic mass is 9.88. The van der Waals surface area contributed by atoms with Crippen molar-refractivity contribution in [1.82, 2.24) is 9.97 Å². The molecule has 216 valence electrons. The molecule has 1 aliphatic carbocycles. The number of ether oxygens (including phenoxy) is 3. The summed E-state index contributed by atoms with van der Waals surface area (Å²) in [5.74, 6) is -0.297. The molecule has 0 amide bonds. The zero-order valence-electron chi connectivity index (χ0n) is 23.1. The van der Waals surface area contributed by atoms with Crippen LogP contribution in [-0.2, 0) is 31.9 Å². The number of thiophene rings is 1. The van der Waals surface area contributed by atoms with Crippen LogP contribution >= 0.6 is 11.3 Å². The average Bonchev–Trinajstić information content (AvgIpc) is 3.43. The number of hydrogen-bond acceptors (Lipinski definition) is 8. The molecule has 9 heteroatoms. The van der Waals surface area contributed by atoms with Crippen molar-refractivity contribution in [3.05, 3.63) is 108 Å². The first-order chi connectivity index (χ1) is 21.0. The number of ketones is 2. The zero-order chi connectivity index (χ0) is 29.4. The predicted octanol–water partition coefficient (Wildman–Crippen LogP) is 7.04. The molecule has 0 atom stereocenters. The summed E-state index contributed by atoms with van der Waals surface area (Å²) in [4.78, 5) is 36.1. The molecule has 2 aromatic carbocycles. The third-order valence-corrected chi connectivity index (χ3v) is 9.08. The number of Topliss-reactive ketones (excluding diaryl/α,β-unsaturated/α-hetero) is 2. The van der Waals surface area contributed by atoms with Gasteiger partial charge in [0.15, 0.2) is 29.4 Å². The maximum atomic E-state index is 15.2. The number of pyridine rings is 2. The Morgan fingerprint density at radius 3 is 2.35 bits per heavy atom. The highest BCUT2D eigenvalue weighted by Gasteiger charge is 2.54. The third kappa shape index (κ3) is 5.59. The maximum absolute atomic E-state index is 15.2. The monoisotopic (exact) mass is 594 g/mol. The number of halogens is 1. The minimum atomic E-state index is -0.950. The fourth-order valence-corrected chi connectivity index (χ4v) is 6.40. The van der Waals surface area contributed by atoms with Crippen LogP contribution in [0.15, 0.2) is 85.2 Å². The molecule has 1 aliphatic heterocycles. The number of carbonyl (C=O) groups excluding carboxylic acids is 2. The fourth-order valence-electron chi connectivity index (χ4n) is 5.36. The van der Waals surface area contributed by atoms with Gasteiger partial charge in [-0.3, -0.25) is 19.6 Å². The largest absolute Gasteiger partial charge is 0.453 e. The Labute approximate surface area is 251 Å². The van der Waals surface area contributed by atoms with E-state index in [1.807, 2.05) is 48.5 Å². The molecule has 3 aromatic heterocycles. The van der Waals surface area contributed by atoms with Crippen molar-refractivity contribution in [3.63, 3.8) is 0 Å². The Morgan fingerprint density at radius 1 is 0.884 bits per heavy atom. The zero-order valence-corrected chi connectivity index (χ0v) is 23.9. The molecule has 4 heterocycles. The van der Waals surface area contributed by atoms with Gasteiger partial charge in [-0.25, -0.2) is 4.39 Å². The van der Waals surface area contributed by atoms with Gasteiger partial charge in [0.2, 0.25) is 0 Å².